The van der Waals surface area contributed by atoms with Crippen LogP contribution in [-0.2, 0) is 4.74 Å². The molecule has 1 N–H and O–H groups in total. The van der Waals surface area contributed by atoms with Gasteiger partial charge in [-0.1, -0.05) is 17.7 Å². The molecule has 1 heterocycles. The second-order valence-corrected chi connectivity index (χ2v) is 5.37. The van der Waals surface area contributed by atoms with Gasteiger partial charge >= 0.3 is 5.97 Å². The number of carbonyl (C=O) groups excluding carboxylic acids is 1. The minimum Gasteiger partial charge on any atom is -0.462 e. The zero-order chi connectivity index (χ0) is 17.1. The van der Waals surface area contributed by atoms with Gasteiger partial charge in [-0.25, -0.2) is 4.79 Å². The van der Waals surface area contributed by atoms with E-state index in [2.05, 4.69) is 4.98 Å². The molecule has 1 aromatic heterocycles. The molecule has 0 amide bonds. The lowest BCUT2D eigenvalue weighted by Crippen LogP contribution is -2.18. The van der Waals surface area contributed by atoms with Crippen LogP contribution in [0.3, 0.4) is 0 Å². The largest absolute Gasteiger partial charge is 0.462 e. The van der Waals surface area contributed by atoms with Crippen molar-refractivity contribution in [3.63, 3.8) is 0 Å². The lowest BCUT2D eigenvalue weighted by Gasteiger charge is -2.08. The molecule has 0 fully saturated rings. The number of ether oxygens (including phenoxy) is 2. The van der Waals surface area contributed by atoms with Gasteiger partial charge in [-0.05, 0) is 38.1 Å². The van der Waals surface area contributed by atoms with E-state index in [1.54, 1.807) is 25.1 Å². The van der Waals surface area contributed by atoms with Crippen LogP contribution in [0.15, 0.2) is 53.5 Å². The predicted octanol–water partition coefficient (Wildman–Crippen LogP) is 3.81. The maximum Gasteiger partial charge on any atom is 0.343 e. The minimum absolute atomic E-state index is 0.00319. The van der Waals surface area contributed by atoms with E-state index in [4.69, 9.17) is 9.47 Å². The highest BCUT2D eigenvalue weighted by molar-refractivity contribution is 5.93. The first kappa shape index (κ1) is 15.8. The van der Waals surface area contributed by atoms with Gasteiger partial charge in [0.2, 0.25) is 5.43 Å². The molecule has 5 nitrogen and oxygen atoms in total. The summed E-state index contributed by atoms with van der Waals surface area (Å²) in [6.07, 6.45) is 1.37. The summed E-state index contributed by atoms with van der Waals surface area (Å²) in [5, 5.41) is 0.414. The number of fused-ring (bicyclic) bond motifs is 1. The summed E-state index contributed by atoms with van der Waals surface area (Å²) in [4.78, 5) is 27.1. The number of pyridine rings is 1. The van der Waals surface area contributed by atoms with Crippen LogP contribution >= 0.6 is 0 Å². The third kappa shape index (κ3) is 3.15. The Kier molecular flexibility index (Phi) is 4.33. The van der Waals surface area contributed by atoms with Gasteiger partial charge < -0.3 is 14.5 Å². The number of aromatic nitrogens is 1. The molecule has 0 aliphatic rings. The topological polar surface area (TPSA) is 68.4 Å². The minimum atomic E-state index is -0.624. The molecule has 3 aromatic rings. The fourth-order valence-electron chi connectivity index (χ4n) is 2.37. The Balaban J connectivity index is 1.94. The first-order valence-corrected chi connectivity index (χ1v) is 7.65. The lowest BCUT2D eigenvalue weighted by molar-refractivity contribution is 0.0524. The molecule has 0 saturated heterocycles. The normalized spacial score (nSPS) is 10.6. The van der Waals surface area contributed by atoms with Crippen molar-refractivity contribution in [2.75, 3.05) is 6.61 Å². The molecular formula is C19H17NO4. The van der Waals surface area contributed by atoms with Crippen molar-refractivity contribution in [1.29, 1.82) is 0 Å². The van der Waals surface area contributed by atoms with Crippen molar-refractivity contribution in [3.8, 4) is 11.5 Å². The maximum atomic E-state index is 12.4. The smallest absolute Gasteiger partial charge is 0.343 e. The molecule has 5 heteroatoms. The molecule has 0 radical (unpaired) electrons. The van der Waals surface area contributed by atoms with E-state index in [1.807, 2.05) is 31.2 Å². The molecule has 0 aliphatic heterocycles. The van der Waals surface area contributed by atoms with Crippen molar-refractivity contribution in [1.82, 2.24) is 4.98 Å². The highest BCUT2D eigenvalue weighted by Gasteiger charge is 2.14. The van der Waals surface area contributed by atoms with Crippen molar-refractivity contribution >= 4 is 16.9 Å². The number of aryl methyl sites for hydroxylation is 1. The molecule has 0 bridgehead atoms. The fraction of sp³-hybridized carbons (Fsp3) is 0.158. The van der Waals surface area contributed by atoms with Crippen LogP contribution in [0.2, 0.25) is 0 Å². The van der Waals surface area contributed by atoms with Crippen LogP contribution in [0, 0.1) is 6.92 Å². The molecule has 0 unspecified atom stereocenters. The summed E-state index contributed by atoms with van der Waals surface area (Å²) in [5.74, 6) is 0.692. The lowest BCUT2D eigenvalue weighted by atomic mass is 10.1. The summed E-state index contributed by atoms with van der Waals surface area (Å²) in [5.41, 5.74) is 1.38. The molecule has 0 aliphatic carbocycles. The summed E-state index contributed by atoms with van der Waals surface area (Å²) in [6.45, 7) is 3.92. The number of H-pyrrole nitrogens is 1. The third-order valence-corrected chi connectivity index (χ3v) is 3.60. The molecule has 0 spiro atoms. The first-order chi connectivity index (χ1) is 11.6. The van der Waals surface area contributed by atoms with E-state index in [-0.39, 0.29) is 17.6 Å². The molecule has 0 saturated carbocycles. The standard InChI is InChI=1S/C19H17NO4/c1-3-23-19(22)16-11-20-17-10-14(8-9-15(17)18(16)21)24-13-6-4-12(2)5-7-13/h4-11H,3H2,1-2H3,(H,20,21). The van der Waals surface area contributed by atoms with Gasteiger partial charge in [0.05, 0.1) is 12.1 Å². The predicted molar refractivity (Wildman–Crippen MR) is 91.8 cm³/mol. The zero-order valence-corrected chi connectivity index (χ0v) is 13.5. The molecule has 0 atom stereocenters. The van der Waals surface area contributed by atoms with E-state index in [0.717, 1.165) is 5.56 Å². The van der Waals surface area contributed by atoms with Crippen molar-refractivity contribution in [3.05, 3.63) is 70.0 Å². The van der Waals surface area contributed by atoms with Crippen molar-refractivity contribution in [2.45, 2.75) is 13.8 Å². The number of esters is 1. The van der Waals surface area contributed by atoms with E-state index < -0.39 is 5.97 Å². The monoisotopic (exact) mass is 323 g/mol. The Labute approximate surface area is 138 Å². The van der Waals surface area contributed by atoms with E-state index >= 15 is 0 Å². The number of benzene rings is 2. The van der Waals surface area contributed by atoms with Gasteiger partial charge in [-0.2, -0.15) is 0 Å². The number of hydrogen-bond donors (Lipinski definition) is 1. The number of hydrogen-bond acceptors (Lipinski definition) is 4. The van der Waals surface area contributed by atoms with E-state index in [1.165, 1.54) is 6.20 Å². The van der Waals surface area contributed by atoms with E-state index in [9.17, 15) is 9.59 Å². The average molecular weight is 323 g/mol. The van der Waals surface area contributed by atoms with Crippen molar-refractivity contribution < 1.29 is 14.3 Å². The zero-order valence-electron chi connectivity index (χ0n) is 13.5. The van der Waals surface area contributed by atoms with Gasteiger partial charge in [-0.15, -0.1) is 0 Å². The maximum absolute atomic E-state index is 12.4. The number of nitrogens with one attached hydrogen (secondary N) is 1. The molecule has 122 valence electrons. The van der Waals surface area contributed by atoms with Crippen LogP contribution < -0.4 is 10.2 Å². The number of carbonyl (C=O) groups is 1. The highest BCUT2D eigenvalue weighted by Crippen LogP contribution is 2.24. The van der Waals surface area contributed by atoms with E-state index in [0.29, 0.717) is 22.4 Å². The molecule has 2 aromatic carbocycles. The van der Waals surface area contributed by atoms with Gasteiger partial charge in [0.15, 0.2) is 0 Å². The highest BCUT2D eigenvalue weighted by atomic mass is 16.5. The van der Waals surface area contributed by atoms with Crippen LogP contribution in [0.1, 0.15) is 22.8 Å². The third-order valence-electron chi connectivity index (χ3n) is 3.60. The van der Waals surface area contributed by atoms with Gasteiger partial charge in [0.1, 0.15) is 17.1 Å². The molecular weight excluding hydrogens is 306 g/mol. The van der Waals surface area contributed by atoms with Crippen LogP contribution in [0.4, 0.5) is 0 Å². The number of aromatic amines is 1. The summed E-state index contributed by atoms with van der Waals surface area (Å²) >= 11 is 0. The van der Waals surface area contributed by atoms with Gasteiger partial charge in [-0.3, -0.25) is 4.79 Å². The first-order valence-electron chi connectivity index (χ1n) is 7.65. The fourth-order valence-corrected chi connectivity index (χ4v) is 2.37. The van der Waals surface area contributed by atoms with Crippen molar-refractivity contribution in [2.24, 2.45) is 0 Å². The van der Waals surface area contributed by atoms with Gasteiger partial charge in [0.25, 0.3) is 0 Å². The Morgan fingerprint density at radius 3 is 2.50 bits per heavy atom. The van der Waals surface area contributed by atoms with Crippen LogP contribution in [0.25, 0.3) is 10.9 Å². The quantitative estimate of drug-likeness (QED) is 0.741. The molecule has 24 heavy (non-hydrogen) atoms. The number of rotatable bonds is 4. The van der Waals surface area contributed by atoms with Crippen LogP contribution in [0.5, 0.6) is 11.5 Å². The van der Waals surface area contributed by atoms with Crippen LogP contribution in [-0.4, -0.2) is 17.6 Å². The Hall–Kier alpha value is -3.08. The SMILES string of the molecule is CCOC(=O)c1c[nH]c2cc(Oc3ccc(C)cc3)ccc2c1=O. The second kappa shape index (κ2) is 6.58. The second-order valence-electron chi connectivity index (χ2n) is 5.37. The summed E-state index contributed by atoms with van der Waals surface area (Å²) in [6, 6.07) is 12.8. The van der Waals surface area contributed by atoms with Gasteiger partial charge in [0, 0.05) is 17.6 Å². The Morgan fingerprint density at radius 2 is 1.79 bits per heavy atom. The summed E-state index contributed by atoms with van der Waals surface area (Å²) < 4.78 is 10.7. The average Bonchev–Trinajstić information content (AvgIpc) is 2.57. The Bertz CT molecular complexity index is 942. The Morgan fingerprint density at radius 1 is 1.08 bits per heavy atom. The molecule has 3 rings (SSSR count). The summed E-state index contributed by atoms with van der Waals surface area (Å²) in [7, 11) is 0.